The lowest BCUT2D eigenvalue weighted by molar-refractivity contribution is -0.171. The van der Waals surface area contributed by atoms with Gasteiger partial charge in [0.1, 0.15) is 17.6 Å². The number of hydrogen-bond donors (Lipinski definition) is 2. The van der Waals surface area contributed by atoms with E-state index >= 15 is 0 Å². The van der Waals surface area contributed by atoms with Crippen LogP contribution in [0.25, 0.3) is 0 Å². The Balaban J connectivity index is 1.62. The van der Waals surface area contributed by atoms with Gasteiger partial charge in [0.25, 0.3) is 5.91 Å². The average Bonchev–Trinajstić information content (AvgIpc) is 3.30. The quantitative estimate of drug-likeness (QED) is 0.516. The Morgan fingerprint density at radius 3 is 2.75 bits per heavy atom. The standard InChI is InChI=1S/C24H30ClNO6/c1-15(2)32-18-7-8-19(20(25)12-18)23(27)26-13-17-11-16(6-9-21(17)29-3)14-31-24(28)22-5-4-10-30-22/h6-9,11-12,15,22,24,28H,4-5,10,13-14H2,1-3H3,(H,26,27). The molecule has 0 radical (unpaired) electrons. The number of amides is 1. The van der Waals surface area contributed by atoms with Crippen LogP contribution in [0.1, 0.15) is 48.2 Å². The fourth-order valence-corrected chi connectivity index (χ4v) is 3.73. The highest BCUT2D eigenvalue weighted by Gasteiger charge is 2.24. The normalized spacial score (nSPS) is 16.8. The van der Waals surface area contributed by atoms with Gasteiger partial charge in [-0.2, -0.15) is 0 Å². The van der Waals surface area contributed by atoms with Crippen LogP contribution in [0, 0.1) is 0 Å². The molecule has 8 heteroatoms. The maximum atomic E-state index is 12.7. The van der Waals surface area contributed by atoms with Gasteiger partial charge in [0.05, 0.1) is 30.4 Å². The predicted molar refractivity (Wildman–Crippen MR) is 121 cm³/mol. The molecule has 1 aliphatic rings. The molecule has 2 aromatic rings. The second kappa shape index (κ2) is 11.5. The molecule has 3 rings (SSSR count). The summed E-state index contributed by atoms with van der Waals surface area (Å²) in [6.07, 6.45) is 0.478. The van der Waals surface area contributed by atoms with Gasteiger partial charge in [-0.05, 0) is 62.6 Å². The minimum Gasteiger partial charge on any atom is -0.496 e. The van der Waals surface area contributed by atoms with Crippen molar-refractivity contribution in [3.05, 3.63) is 58.1 Å². The molecule has 0 bridgehead atoms. The molecule has 0 aliphatic carbocycles. The zero-order chi connectivity index (χ0) is 23.1. The fraction of sp³-hybridized carbons (Fsp3) is 0.458. The number of ether oxygens (including phenoxy) is 4. The van der Waals surface area contributed by atoms with Gasteiger partial charge < -0.3 is 29.4 Å². The number of aliphatic hydroxyl groups excluding tert-OH is 1. The Labute approximate surface area is 193 Å². The number of benzene rings is 2. The van der Waals surface area contributed by atoms with Crippen LogP contribution >= 0.6 is 11.6 Å². The van der Waals surface area contributed by atoms with Gasteiger partial charge in [-0.25, -0.2) is 0 Å². The highest BCUT2D eigenvalue weighted by atomic mass is 35.5. The molecule has 2 atom stereocenters. The third-order valence-electron chi connectivity index (χ3n) is 5.04. The van der Waals surface area contributed by atoms with E-state index in [0.717, 1.165) is 24.0 Å². The molecule has 174 valence electrons. The van der Waals surface area contributed by atoms with E-state index in [1.807, 2.05) is 32.0 Å². The predicted octanol–water partition coefficient (Wildman–Crippen LogP) is 4.08. The minimum atomic E-state index is -0.965. The monoisotopic (exact) mass is 463 g/mol. The van der Waals surface area contributed by atoms with Gasteiger partial charge in [-0.1, -0.05) is 17.7 Å². The zero-order valence-corrected chi connectivity index (χ0v) is 19.4. The molecule has 1 heterocycles. The highest BCUT2D eigenvalue weighted by Crippen LogP contribution is 2.25. The van der Waals surface area contributed by atoms with Crippen LogP contribution in [-0.2, 0) is 22.6 Å². The number of carbonyl (C=O) groups is 1. The van der Waals surface area contributed by atoms with Gasteiger partial charge in [-0.3, -0.25) is 4.79 Å². The molecule has 7 nitrogen and oxygen atoms in total. The van der Waals surface area contributed by atoms with E-state index in [-0.39, 0.29) is 31.3 Å². The van der Waals surface area contributed by atoms with Crippen molar-refractivity contribution in [1.29, 1.82) is 0 Å². The van der Waals surface area contributed by atoms with Crippen molar-refractivity contribution in [2.24, 2.45) is 0 Å². The first-order valence-corrected chi connectivity index (χ1v) is 11.1. The number of halogens is 1. The van der Waals surface area contributed by atoms with Crippen molar-refractivity contribution in [1.82, 2.24) is 5.32 Å². The molecule has 2 unspecified atom stereocenters. The summed E-state index contributed by atoms with van der Waals surface area (Å²) < 4.78 is 22.0. The number of rotatable bonds is 10. The van der Waals surface area contributed by atoms with E-state index < -0.39 is 6.29 Å². The summed E-state index contributed by atoms with van der Waals surface area (Å²) in [5.41, 5.74) is 1.99. The number of methoxy groups -OCH3 is 1. The smallest absolute Gasteiger partial charge is 0.253 e. The Kier molecular flexibility index (Phi) is 8.75. The Bertz CT molecular complexity index is 913. The Hall–Kier alpha value is -2.32. The first-order chi connectivity index (χ1) is 15.4. The largest absolute Gasteiger partial charge is 0.496 e. The molecule has 1 amide bonds. The lowest BCUT2D eigenvalue weighted by Gasteiger charge is -2.18. The highest BCUT2D eigenvalue weighted by molar-refractivity contribution is 6.34. The van der Waals surface area contributed by atoms with Crippen molar-refractivity contribution in [3.8, 4) is 11.5 Å². The molecule has 1 saturated heterocycles. The number of hydrogen-bond acceptors (Lipinski definition) is 6. The maximum Gasteiger partial charge on any atom is 0.253 e. The maximum absolute atomic E-state index is 12.7. The average molecular weight is 464 g/mol. The van der Waals surface area contributed by atoms with Crippen LogP contribution in [0.4, 0.5) is 0 Å². The van der Waals surface area contributed by atoms with Crippen LogP contribution in [0.15, 0.2) is 36.4 Å². The summed E-state index contributed by atoms with van der Waals surface area (Å²) in [5, 5.41) is 13.3. The minimum absolute atomic E-state index is 0.0151. The molecule has 0 aromatic heterocycles. The third kappa shape index (κ3) is 6.59. The Morgan fingerprint density at radius 1 is 1.28 bits per heavy atom. The van der Waals surface area contributed by atoms with Crippen LogP contribution in [0.2, 0.25) is 5.02 Å². The second-order valence-electron chi connectivity index (χ2n) is 7.89. The SMILES string of the molecule is COc1ccc(COC(O)C2CCCO2)cc1CNC(=O)c1ccc(OC(C)C)cc1Cl. The van der Waals surface area contributed by atoms with Crippen LogP contribution in [0.3, 0.4) is 0 Å². The van der Waals surface area contributed by atoms with Gasteiger partial charge in [-0.15, -0.1) is 0 Å². The van der Waals surface area contributed by atoms with E-state index in [1.54, 1.807) is 25.3 Å². The van der Waals surface area contributed by atoms with Crippen LogP contribution in [0.5, 0.6) is 11.5 Å². The first-order valence-electron chi connectivity index (χ1n) is 10.7. The second-order valence-corrected chi connectivity index (χ2v) is 8.30. The molecule has 1 fully saturated rings. The number of nitrogens with one attached hydrogen (secondary N) is 1. The Morgan fingerprint density at radius 2 is 2.09 bits per heavy atom. The molecule has 0 spiro atoms. The lowest BCUT2D eigenvalue weighted by atomic mass is 10.1. The topological polar surface area (TPSA) is 86.3 Å². The van der Waals surface area contributed by atoms with E-state index in [4.69, 9.17) is 30.5 Å². The molecule has 2 N–H and O–H groups in total. The van der Waals surface area contributed by atoms with Gasteiger partial charge >= 0.3 is 0 Å². The van der Waals surface area contributed by atoms with Gasteiger partial charge in [0.15, 0.2) is 6.29 Å². The summed E-state index contributed by atoms with van der Waals surface area (Å²) in [4.78, 5) is 12.7. The van der Waals surface area contributed by atoms with E-state index in [2.05, 4.69) is 5.32 Å². The summed E-state index contributed by atoms with van der Waals surface area (Å²) in [5.74, 6) is 0.949. The molecule has 32 heavy (non-hydrogen) atoms. The van der Waals surface area contributed by atoms with E-state index in [0.29, 0.717) is 28.7 Å². The zero-order valence-electron chi connectivity index (χ0n) is 18.6. The van der Waals surface area contributed by atoms with Gasteiger partial charge in [0, 0.05) is 18.7 Å². The van der Waals surface area contributed by atoms with Crippen molar-refractivity contribution in [2.45, 2.75) is 58.3 Å². The van der Waals surface area contributed by atoms with E-state index in [9.17, 15) is 9.90 Å². The molecule has 2 aromatic carbocycles. The van der Waals surface area contributed by atoms with Crippen molar-refractivity contribution < 1.29 is 28.8 Å². The summed E-state index contributed by atoms with van der Waals surface area (Å²) in [7, 11) is 1.57. The van der Waals surface area contributed by atoms with Crippen molar-refractivity contribution in [2.75, 3.05) is 13.7 Å². The number of aliphatic hydroxyl groups is 1. The molecule has 0 saturated carbocycles. The van der Waals surface area contributed by atoms with Gasteiger partial charge in [0.2, 0.25) is 0 Å². The number of carbonyl (C=O) groups excluding carboxylic acids is 1. The molecular weight excluding hydrogens is 434 g/mol. The van der Waals surface area contributed by atoms with Crippen molar-refractivity contribution in [3.63, 3.8) is 0 Å². The molecular formula is C24H30ClNO6. The first kappa shape index (κ1) is 24.3. The summed E-state index contributed by atoms with van der Waals surface area (Å²) >= 11 is 6.28. The van der Waals surface area contributed by atoms with Crippen LogP contribution in [-0.4, -0.2) is 43.2 Å². The van der Waals surface area contributed by atoms with Crippen molar-refractivity contribution >= 4 is 17.5 Å². The summed E-state index contributed by atoms with van der Waals surface area (Å²) in [6, 6.07) is 10.5. The fourth-order valence-electron chi connectivity index (χ4n) is 3.47. The van der Waals surface area contributed by atoms with Crippen LogP contribution < -0.4 is 14.8 Å². The van der Waals surface area contributed by atoms with E-state index in [1.165, 1.54) is 0 Å². The molecule has 1 aliphatic heterocycles. The lowest BCUT2D eigenvalue weighted by Crippen LogP contribution is -2.27. The summed E-state index contributed by atoms with van der Waals surface area (Å²) in [6.45, 7) is 4.95. The third-order valence-corrected chi connectivity index (χ3v) is 5.36.